The Balaban J connectivity index is 1.83. The van der Waals surface area contributed by atoms with E-state index >= 15 is 0 Å². The maximum Gasteiger partial charge on any atom is 0.258 e. The molecule has 7 nitrogen and oxygen atoms in total. The summed E-state index contributed by atoms with van der Waals surface area (Å²) in [6.07, 6.45) is 0.431. The summed E-state index contributed by atoms with van der Waals surface area (Å²) in [6, 6.07) is 10.2. The molecule has 0 aliphatic carbocycles. The number of sulfone groups is 1. The van der Waals surface area contributed by atoms with E-state index in [0.29, 0.717) is 17.8 Å². The number of rotatable bonds is 7. The number of carbonyl (C=O) groups excluding carboxylic acids is 2. The number of amides is 2. The molecule has 0 aliphatic rings. The van der Waals surface area contributed by atoms with Crippen LogP contribution in [0, 0.1) is 5.82 Å². The molecule has 0 atom stereocenters. The molecule has 3 aromatic rings. The van der Waals surface area contributed by atoms with Crippen molar-refractivity contribution in [1.82, 2.24) is 4.98 Å². The van der Waals surface area contributed by atoms with Crippen LogP contribution in [0.2, 0.25) is 0 Å². The molecule has 0 unspecified atom stereocenters. The second-order valence-electron chi connectivity index (χ2n) is 6.68. The van der Waals surface area contributed by atoms with Crippen molar-refractivity contribution in [1.29, 1.82) is 0 Å². The molecule has 2 amide bonds. The number of nitrogens with zero attached hydrogens (tertiary/aromatic N) is 1. The van der Waals surface area contributed by atoms with E-state index in [1.54, 1.807) is 30.5 Å². The molecule has 10 heteroatoms. The summed E-state index contributed by atoms with van der Waals surface area (Å²) in [7, 11) is -3.59. The van der Waals surface area contributed by atoms with Crippen LogP contribution in [0.4, 0.5) is 15.2 Å². The van der Waals surface area contributed by atoms with Gasteiger partial charge in [-0.3, -0.25) is 14.9 Å². The average molecular weight is 462 g/mol. The standard InChI is InChI=1S/C21H20FN3O4S2/c1-3-10-31(28,29)19-7-5-4-6-16(19)20(27)25-21-24-18(12-30-21)15-9-8-14(11-17(15)22)23-13(2)26/h4-9,11-12H,3,10H2,1-2H3,(H,23,26)(H,24,25,27). The normalized spacial score (nSPS) is 11.2. The van der Waals surface area contributed by atoms with Crippen LogP contribution in [0.25, 0.3) is 11.3 Å². The fraction of sp³-hybridized carbons (Fsp3) is 0.190. The van der Waals surface area contributed by atoms with Crippen LogP contribution in [0.5, 0.6) is 0 Å². The van der Waals surface area contributed by atoms with Crippen LogP contribution >= 0.6 is 11.3 Å². The first kappa shape index (κ1) is 22.6. The van der Waals surface area contributed by atoms with Gasteiger partial charge in [-0.1, -0.05) is 19.1 Å². The molecule has 0 spiro atoms. The number of hydrogen-bond donors (Lipinski definition) is 2. The zero-order chi connectivity index (χ0) is 22.6. The Bertz CT molecular complexity index is 1240. The number of aromatic nitrogens is 1. The van der Waals surface area contributed by atoms with Gasteiger partial charge in [-0.15, -0.1) is 11.3 Å². The lowest BCUT2D eigenvalue weighted by Crippen LogP contribution is -2.17. The molecule has 2 aromatic carbocycles. The van der Waals surface area contributed by atoms with Gasteiger partial charge < -0.3 is 5.32 Å². The summed E-state index contributed by atoms with van der Waals surface area (Å²) < 4.78 is 39.4. The van der Waals surface area contributed by atoms with E-state index in [9.17, 15) is 22.4 Å². The molecule has 0 aliphatic heterocycles. The second-order valence-corrected chi connectivity index (χ2v) is 9.62. The summed E-state index contributed by atoms with van der Waals surface area (Å²) in [5.74, 6) is -1.57. The Labute approximate surface area is 183 Å². The third-order valence-corrected chi connectivity index (χ3v) is 6.96. The number of hydrogen-bond acceptors (Lipinski definition) is 6. The van der Waals surface area contributed by atoms with Gasteiger partial charge >= 0.3 is 0 Å². The van der Waals surface area contributed by atoms with Gasteiger partial charge in [0, 0.05) is 23.6 Å². The molecule has 1 heterocycles. The first-order valence-electron chi connectivity index (χ1n) is 9.37. The third kappa shape index (κ3) is 5.33. The van der Waals surface area contributed by atoms with E-state index in [-0.39, 0.29) is 32.8 Å². The van der Waals surface area contributed by atoms with Crippen LogP contribution in [-0.4, -0.2) is 31.0 Å². The minimum Gasteiger partial charge on any atom is -0.326 e. The zero-order valence-corrected chi connectivity index (χ0v) is 18.4. The number of thiazole rings is 1. The highest BCUT2D eigenvalue weighted by atomic mass is 32.2. The Kier molecular flexibility index (Phi) is 6.81. The topological polar surface area (TPSA) is 105 Å². The smallest absolute Gasteiger partial charge is 0.258 e. The maximum atomic E-state index is 14.4. The summed E-state index contributed by atoms with van der Waals surface area (Å²) in [6.45, 7) is 3.08. The molecular formula is C21H20FN3O4S2. The van der Waals surface area contributed by atoms with Crippen molar-refractivity contribution < 1.29 is 22.4 Å². The van der Waals surface area contributed by atoms with E-state index in [2.05, 4.69) is 15.6 Å². The SMILES string of the molecule is CCCS(=O)(=O)c1ccccc1C(=O)Nc1nc(-c2ccc(NC(C)=O)cc2F)cs1. The number of anilines is 2. The Morgan fingerprint density at radius 2 is 1.87 bits per heavy atom. The van der Waals surface area contributed by atoms with E-state index in [1.165, 1.54) is 31.2 Å². The predicted octanol–water partition coefficient (Wildman–Crippen LogP) is 4.34. The van der Waals surface area contributed by atoms with Crippen LogP contribution in [0.1, 0.15) is 30.6 Å². The highest BCUT2D eigenvalue weighted by Gasteiger charge is 2.22. The lowest BCUT2D eigenvalue weighted by atomic mass is 10.1. The summed E-state index contributed by atoms with van der Waals surface area (Å²) in [5, 5.41) is 6.86. The Morgan fingerprint density at radius 1 is 1.13 bits per heavy atom. The van der Waals surface area contributed by atoms with Crippen molar-refractivity contribution in [2.24, 2.45) is 0 Å². The van der Waals surface area contributed by atoms with Gasteiger partial charge in [0.1, 0.15) is 5.82 Å². The number of carbonyl (C=O) groups is 2. The summed E-state index contributed by atoms with van der Waals surface area (Å²) in [4.78, 5) is 28.0. The van der Waals surface area contributed by atoms with E-state index in [0.717, 1.165) is 11.3 Å². The van der Waals surface area contributed by atoms with E-state index < -0.39 is 21.6 Å². The molecule has 0 bridgehead atoms. The predicted molar refractivity (Wildman–Crippen MR) is 119 cm³/mol. The first-order chi connectivity index (χ1) is 14.7. The van der Waals surface area contributed by atoms with Gasteiger partial charge in [0.25, 0.3) is 5.91 Å². The maximum absolute atomic E-state index is 14.4. The number of halogens is 1. The molecule has 0 fully saturated rings. The van der Waals surface area contributed by atoms with Gasteiger partial charge in [-0.05, 0) is 36.8 Å². The molecule has 2 N–H and O–H groups in total. The number of benzene rings is 2. The molecule has 0 saturated heterocycles. The van der Waals surface area contributed by atoms with E-state index in [1.807, 2.05) is 0 Å². The lowest BCUT2D eigenvalue weighted by molar-refractivity contribution is -0.114. The highest BCUT2D eigenvalue weighted by molar-refractivity contribution is 7.91. The molecule has 3 rings (SSSR count). The van der Waals surface area contributed by atoms with Gasteiger partial charge in [-0.25, -0.2) is 17.8 Å². The quantitative estimate of drug-likeness (QED) is 0.544. The first-order valence-corrected chi connectivity index (χ1v) is 11.9. The van der Waals surface area contributed by atoms with Crippen LogP contribution in [0.3, 0.4) is 0 Å². The largest absolute Gasteiger partial charge is 0.326 e. The average Bonchev–Trinajstić information content (AvgIpc) is 3.15. The fourth-order valence-corrected chi connectivity index (χ4v) is 5.17. The highest BCUT2D eigenvalue weighted by Crippen LogP contribution is 2.29. The second kappa shape index (κ2) is 9.36. The summed E-state index contributed by atoms with van der Waals surface area (Å²) >= 11 is 1.09. The molecular weight excluding hydrogens is 441 g/mol. The van der Waals surface area contributed by atoms with Gasteiger partial charge in [0.2, 0.25) is 5.91 Å². The van der Waals surface area contributed by atoms with Gasteiger partial charge in [-0.2, -0.15) is 0 Å². The third-order valence-electron chi connectivity index (χ3n) is 4.23. The van der Waals surface area contributed by atoms with Crippen molar-refractivity contribution in [3.8, 4) is 11.3 Å². The molecule has 0 saturated carbocycles. The van der Waals surface area contributed by atoms with Crippen molar-refractivity contribution in [2.45, 2.75) is 25.2 Å². The minimum atomic E-state index is -3.59. The van der Waals surface area contributed by atoms with Crippen LogP contribution < -0.4 is 10.6 Å². The van der Waals surface area contributed by atoms with Crippen molar-refractivity contribution >= 4 is 43.8 Å². The monoisotopic (exact) mass is 461 g/mol. The minimum absolute atomic E-state index is 0.0264. The molecule has 31 heavy (non-hydrogen) atoms. The molecule has 0 radical (unpaired) electrons. The van der Waals surface area contributed by atoms with Crippen molar-refractivity contribution in [3.05, 3.63) is 59.2 Å². The summed E-state index contributed by atoms with van der Waals surface area (Å²) in [5.41, 5.74) is 0.858. The van der Waals surface area contributed by atoms with Crippen molar-refractivity contribution in [2.75, 3.05) is 16.4 Å². The van der Waals surface area contributed by atoms with E-state index in [4.69, 9.17) is 0 Å². The zero-order valence-electron chi connectivity index (χ0n) is 16.8. The lowest BCUT2D eigenvalue weighted by Gasteiger charge is -2.09. The van der Waals surface area contributed by atoms with Gasteiger partial charge in [0.05, 0.1) is 21.9 Å². The molecule has 162 valence electrons. The van der Waals surface area contributed by atoms with Crippen molar-refractivity contribution in [3.63, 3.8) is 0 Å². The Hall–Kier alpha value is -3.11. The Morgan fingerprint density at radius 3 is 2.55 bits per heavy atom. The fourth-order valence-electron chi connectivity index (χ4n) is 2.93. The van der Waals surface area contributed by atoms with Gasteiger partial charge in [0.15, 0.2) is 15.0 Å². The van der Waals surface area contributed by atoms with Crippen LogP contribution in [0.15, 0.2) is 52.7 Å². The number of nitrogens with one attached hydrogen (secondary N) is 2. The van der Waals surface area contributed by atoms with Crippen LogP contribution in [-0.2, 0) is 14.6 Å². The molecule has 1 aromatic heterocycles.